The lowest BCUT2D eigenvalue weighted by Gasteiger charge is -2.33. The number of anilines is 2. The molecule has 7 nitrogen and oxygen atoms in total. The van der Waals surface area contributed by atoms with Crippen molar-refractivity contribution in [3.8, 4) is 5.75 Å². The van der Waals surface area contributed by atoms with Gasteiger partial charge in [0, 0.05) is 31.2 Å². The average molecular weight is 384 g/mol. The summed E-state index contributed by atoms with van der Waals surface area (Å²) in [5.74, 6) is 1.83. The fraction of sp³-hybridized carbons (Fsp3) is 0.476. The van der Waals surface area contributed by atoms with Crippen LogP contribution in [0.15, 0.2) is 42.7 Å². The van der Waals surface area contributed by atoms with Crippen molar-refractivity contribution in [2.75, 3.05) is 25.0 Å². The van der Waals surface area contributed by atoms with Crippen LogP contribution in [-0.2, 0) is 4.74 Å². The van der Waals surface area contributed by atoms with Crippen LogP contribution in [0.5, 0.6) is 5.75 Å². The lowest BCUT2D eigenvalue weighted by Crippen LogP contribution is -2.42. The molecule has 1 aromatic heterocycles. The van der Waals surface area contributed by atoms with E-state index in [1.54, 1.807) is 23.4 Å². The van der Waals surface area contributed by atoms with E-state index in [0.717, 1.165) is 24.3 Å². The fourth-order valence-corrected chi connectivity index (χ4v) is 2.95. The van der Waals surface area contributed by atoms with E-state index >= 15 is 0 Å². The van der Waals surface area contributed by atoms with Gasteiger partial charge in [0.1, 0.15) is 11.4 Å². The average Bonchev–Trinajstić information content (AvgIpc) is 2.67. The molecule has 1 fully saturated rings. The van der Waals surface area contributed by atoms with Gasteiger partial charge in [-0.3, -0.25) is 0 Å². The zero-order valence-corrected chi connectivity index (χ0v) is 16.7. The maximum absolute atomic E-state index is 12.1. The highest BCUT2D eigenvalue weighted by Gasteiger charge is 2.27. The maximum Gasteiger partial charge on any atom is 0.410 e. The Morgan fingerprint density at radius 2 is 1.79 bits per heavy atom. The quantitative estimate of drug-likeness (QED) is 0.831. The highest BCUT2D eigenvalue weighted by Crippen LogP contribution is 2.22. The molecule has 0 atom stereocenters. The minimum absolute atomic E-state index is 0.225. The molecule has 1 N–H and O–H groups in total. The predicted molar refractivity (Wildman–Crippen MR) is 108 cm³/mol. The number of carbonyl (C=O) groups excluding carboxylic acids is 1. The molecule has 0 aliphatic carbocycles. The SMILES string of the molecule is CC(C)(C)OC(=O)N1CCC(COc2ccc(Nc3ncccn3)cc2)CC1. The van der Waals surface area contributed by atoms with E-state index in [9.17, 15) is 4.79 Å². The fourth-order valence-electron chi connectivity index (χ4n) is 2.95. The molecular formula is C21H28N4O3. The number of benzene rings is 1. The highest BCUT2D eigenvalue weighted by atomic mass is 16.6. The Morgan fingerprint density at radius 3 is 2.39 bits per heavy atom. The molecule has 3 rings (SSSR count). The van der Waals surface area contributed by atoms with Gasteiger partial charge in [0.15, 0.2) is 0 Å². The van der Waals surface area contributed by atoms with E-state index in [-0.39, 0.29) is 6.09 Å². The third-order valence-corrected chi connectivity index (χ3v) is 4.43. The Bertz CT molecular complexity index is 751. The molecule has 0 bridgehead atoms. The summed E-state index contributed by atoms with van der Waals surface area (Å²) < 4.78 is 11.4. The van der Waals surface area contributed by atoms with Gasteiger partial charge in [0.05, 0.1) is 6.61 Å². The van der Waals surface area contributed by atoms with Crippen molar-refractivity contribution in [2.24, 2.45) is 5.92 Å². The van der Waals surface area contributed by atoms with Crippen LogP contribution in [0.3, 0.4) is 0 Å². The number of nitrogens with zero attached hydrogens (tertiary/aromatic N) is 3. The Balaban J connectivity index is 1.41. The second kappa shape index (κ2) is 8.91. The van der Waals surface area contributed by atoms with E-state index in [0.29, 0.717) is 31.6 Å². The minimum Gasteiger partial charge on any atom is -0.493 e. The highest BCUT2D eigenvalue weighted by molar-refractivity contribution is 5.68. The summed E-state index contributed by atoms with van der Waals surface area (Å²) in [7, 11) is 0. The van der Waals surface area contributed by atoms with E-state index in [2.05, 4.69) is 15.3 Å². The van der Waals surface area contributed by atoms with Crippen molar-refractivity contribution in [3.63, 3.8) is 0 Å². The van der Waals surface area contributed by atoms with Crippen LogP contribution >= 0.6 is 0 Å². The van der Waals surface area contributed by atoms with Crippen molar-refractivity contribution in [2.45, 2.75) is 39.2 Å². The number of piperidine rings is 1. The molecule has 1 aliphatic heterocycles. The van der Waals surface area contributed by atoms with Crippen molar-refractivity contribution in [1.29, 1.82) is 0 Å². The molecule has 28 heavy (non-hydrogen) atoms. The summed E-state index contributed by atoms with van der Waals surface area (Å²) in [6.45, 7) is 7.74. The number of ether oxygens (including phenoxy) is 2. The molecule has 1 aromatic carbocycles. The first kappa shape index (κ1) is 19.9. The van der Waals surface area contributed by atoms with Crippen molar-refractivity contribution < 1.29 is 14.3 Å². The van der Waals surface area contributed by atoms with Crippen LogP contribution in [0.25, 0.3) is 0 Å². The third kappa shape index (κ3) is 6.11. The second-order valence-corrected chi connectivity index (χ2v) is 7.94. The van der Waals surface area contributed by atoms with E-state index < -0.39 is 5.60 Å². The molecule has 2 heterocycles. The van der Waals surface area contributed by atoms with Gasteiger partial charge in [-0.15, -0.1) is 0 Å². The largest absolute Gasteiger partial charge is 0.493 e. The molecule has 2 aromatic rings. The summed E-state index contributed by atoms with van der Waals surface area (Å²) in [5, 5.41) is 3.14. The normalized spacial score (nSPS) is 15.2. The third-order valence-electron chi connectivity index (χ3n) is 4.43. The summed E-state index contributed by atoms with van der Waals surface area (Å²) in [6, 6.07) is 9.52. The van der Waals surface area contributed by atoms with Gasteiger partial charge < -0.3 is 19.7 Å². The smallest absolute Gasteiger partial charge is 0.410 e. The molecule has 1 saturated heterocycles. The first-order valence-corrected chi connectivity index (χ1v) is 9.64. The number of carbonyl (C=O) groups is 1. The second-order valence-electron chi connectivity index (χ2n) is 7.94. The molecule has 150 valence electrons. The minimum atomic E-state index is -0.454. The van der Waals surface area contributed by atoms with Crippen molar-refractivity contribution in [3.05, 3.63) is 42.7 Å². The standard InChI is InChI=1S/C21H28N4O3/c1-21(2,3)28-20(26)25-13-9-16(10-14-25)15-27-18-7-5-17(6-8-18)24-19-22-11-4-12-23-19/h4-8,11-12,16H,9-10,13-15H2,1-3H3,(H,22,23,24). The first-order valence-electron chi connectivity index (χ1n) is 9.64. The van der Waals surface area contributed by atoms with Crippen LogP contribution in [0.1, 0.15) is 33.6 Å². The summed E-state index contributed by atoms with van der Waals surface area (Å²) >= 11 is 0. The molecule has 1 aliphatic rings. The van der Waals surface area contributed by atoms with Crippen LogP contribution in [0.2, 0.25) is 0 Å². The number of hydrogen-bond acceptors (Lipinski definition) is 6. The van der Waals surface area contributed by atoms with Crippen molar-refractivity contribution in [1.82, 2.24) is 14.9 Å². The summed E-state index contributed by atoms with van der Waals surface area (Å²) in [5.41, 5.74) is 0.453. The first-order chi connectivity index (χ1) is 13.4. The molecule has 0 saturated carbocycles. The zero-order valence-electron chi connectivity index (χ0n) is 16.7. The molecular weight excluding hydrogens is 356 g/mol. The van der Waals surface area contributed by atoms with Gasteiger partial charge in [0.25, 0.3) is 0 Å². The molecule has 1 amide bonds. The zero-order chi connectivity index (χ0) is 20.0. The number of aromatic nitrogens is 2. The van der Waals surface area contributed by atoms with Gasteiger partial charge in [-0.05, 0) is 69.9 Å². The van der Waals surface area contributed by atoms with Gasteiger partial charge >= 0.3 is 6.09 Å². The van der Waals surface area contributed by atoms with Gasteiger partial charge in [0.2, 0.25) is 5.95 Å². The maximum atomic E-state index is 12.1. The van der Waals surface area contributed by atoms with Crippen LogP contribution < -0.4 is 10.1 Å². The van der Waals surface area contributed by atoms with Crippen LogP contribution in [0.4, 0.5) is 16.4 Å². The molecule has 0 unspecified atom stereocenters. The number of nitrogens with one attached hydrogen (secondary N) is 1. The van der Waals surface area contributed by atoms with E-state index in [4.69, 9.17) is 9.47 Å². The van der Waals surface area contributed by atoms with E-state index in [1.807, 2.05) is 45.0 Å². The number of hydrogen-bond donors (Lipinski definition) is 1. The summed E-state index contributed by atoms with van der Waals surface area (Å²) in [4.78, 5) is 22.2. The van der Waals surface area contributed by atoms with Gasteiger partial charge in [-0.1, -0.05) is 0 Å². The summed E-state index contributed by atoms with van der Waals surface area (Å²) in [6.07, 6.45) is 5.01. The Labute approximate surface area is 166 Å². The number of likely N-dealkylation sites (tertiary alicyclic amines) is 1. The predicted octanol–water partition coefficient (Wildman–Crippen LogP) is 4.25. The van der Waals surface area contributed by atoms with Crippen molar-refractivity contribution >= 4 is 17.7 Å². The monoisotopic (exact) mass is 384 g/mol. The Kier molecular flexibility index (Phi) is 6.34. The lowest BCUT2D eigenvalue weighted by atomic mass is 9.98. The topological polar surface area (TPSA) is 76.6 Å². The van der Waals surface area contributed by atoms with E-state index in [1.165, 1.54) is 0 Å². The number of amides is 1. The molecule has 7 heteroatoms. The molecule has 0 spiro atoms. The Hall–Kier alpha value is -2.83. The Morgan fingerprint density at radius 1 is 1.14 bits per heavy atom. The van der Waals surface area contributed by atoms with Gasteiger partial charge in [-0.2, -0.15) is 0 Å². The van der Waals surface area contributed by atoms with Crippen LogP contribution in [0, 0.1) is 5.92 Å². The lowest BCUT2D eigenvalue weighted by molar-refractivity contribution is 0.0165. The number of rotatable bonds is 5. The van der Waals surface area contributed by atoms with Crippen LogP contribution in [-0.4, -0.2) is 46.3 Å². The van der Waals surface area contributed by atoms with Gasteiger partial charge in [-0.25, -0.2) is 14.8 Å². The molecule has 0 radical (unpaired) electrons.